The van der Waals surface area contributed by atoms with Crippen molar-refractivity contribution in [3.63, 3.8) is 0 Å². The van der Waals surface area contributed by atoms with Crippen LogP contribution < -0.4 is 5.56 Å². The molecule has 0 bridgehead atoms. The fourth-order valence-corrected chi connectivity index (χ4v) is 5.39. The fraction of sp³-hybridized carbons (Fsp3) is 0.180. The summed E-state index contributed by atoms with van der Waals surface area (Å²) < 4.78 is 65.4. The van der Waals surface area contributed by atoms with Gasteiger partial charge >= 0.3 is 6.18 Å². The van der Waals surface area contributed by atoms with Gasteiger partial charge < -0.3 is 19.9 Å². The van der Waals surface area contributed by atoms with E-state index in [-0.39, 0.29) is 37.6 Å². The monoisotopic (exact) mass is 981 g/mol. The van der Waals surface area contributed by atoms with E-state index in [0.29, 0.717) is 17.9 Å². The van der Waals surface area contributed by atoms with Crippen LogP contribution in [0.3, 0.4) is 0 Å². The van der Waals surface area contributed by atoms with E-state index >= 15 is 0 Å². The molecule has 6 rings (SSSR count). The van der Waals surface area contributed by atoms with Crippen molar-refractivity contribution in [3.05, 3.63) is 181 Å². The molecule has 0 saturated heterocycles. The normalized spacial score (nSPS) is 10.4. The summed E-state index contributed by atoms with van der Waals surface area (Å²) in [5.41, 5.74) is 6.63. The maximum atomic E-state index is 13.2. The van der Waals surface area contributed by atoms with Crippen LogP contribution >= 0.6 is 15.9 Å². The molecule has 0 unspecified atom stereocenters. The molecule has 9 nitrogen and oxygen atoms in total. The first kappa shape index (κ1) is 54.6. The Morgan fingerprint density at radius 2 is 1.05 bits per heavy atom. The van der Waals surface area contributed by atoms with E-state index in [4.69, 9.17) is 41.0 Å². The van der Waals surface area contributed by atoms with Gasteiger partial charge in [-0.25, -0.2) is 18.4 Å². The van der Waals surface area contributed by atoms with E-state index in [1.54, 1.807) is 24.3 Å². The van der Waals surface area contributed by atoms with Gasteiger partial charge in [-0.05, 0) is 82.9 Å². The highest BCUT2D eigenvalue weighted by atomic mass is 79.9. The Morgan fingerprint density at radius 1 is 0.662 bits per heavy atom. The zero-order valence-electron chi connectivity index (χ0n) is 36.0. The van der Waals surface area contributed by atoms with Crippen LogP contribution in [0, 0.1) is 49.0 Å². The number of nitrogens with zero attached hydrogens (tertiary/aromatic N) is 3. The SMILES string of the molecule is C#C[Si](C)(C)C.C#Cc1ccc(CO)cc1.C#Cc1ccc(CO)cc1.C#Cc1ccc(Cn2cc(-c3cc(C(F)(F)F)nc(S(C)(=O)=O)n3)ccc2=O)cc1.OCc1ccc(Br)cc1. The molecule has 6 aromatic rings. The first-order valence-corrected chi connectivity index (χ1v) is 25.4. The van der Waals surface area contributed by atoms with Crippen molar-refractivity contribution in [2.24, 2.45) is 0 Å². The topological polar surface area (TPSA) is 143 Å². The molecule has 0 aliphatic rings. The minimum Gasteiger partial charge on any atom is -0.392 e. The number of rotatable bonds is 7. The number of benzene rings is 4. The number of alkyl halides is 3. The number of aliphatic hydroxyl groups excluding tert-OH is 3. The zero-order valence-corrected chi connectivity index (χ0v) is 39.4. The summed E-state index contributed by atoms with van der Waals surface area (Å²) in [5.74, 6) is 7.46. The summed E-state index contributed by atoms with van der Waals surface area (Å²) in [4.78, 5) is 19.1. The average Bonchev–Trinajstić information content (AvgIpc) is 3.30. The van der Waals surface area contributed by atoms with Gasteiger partial charge in [0.15, 0.2) is 0 Å². The van der Waals surface area contributed by atoms with Crippen molar-refractivity contribution < 1.29 is 36.9 Å². The highest BCUT2D eigenvalue weighted by Crippen LogP contribution is 2.31. The van der Waals surface area contributed by atoms with E-state index in [2.05, 4.69) is 68.8 Å². The van der Waals surface area contributed by atoms with Crippen molar-refractivity contribution >= 4 is 33.8 Å². The van der Waals surface area contributed by atoms with Crippen LogP contribution in [0.2, 0.25) is 19.6 Å². The minimum absolute atomic E-state index is 0.0743. The van der Waals surface area contributed by atoms with Gasteiger partial charge in [-0.2, -0.15) is 13.2 Å². The van der Waals surface area contributed by atoms with E-state index in [9.17, 15) is 26.4 Å². The summed E-state index contributed by atoms with van der Waals surface area (Å²) in [6.07, 6.45) is 17.8. The van der Waals surface area contributed by atoms with Crippen LogP contribution in [0.15, 0.2) is 136 Å². The lowest BCUT2D eigenvalue weighted by atomic mass is 10.1. The van der Waals surface area contributed by atoms with Crippen molar-refractivity contribution in [3.8, 4) is 60.3 Å². The number of aromatic nitrogens is 3. The molecule has 0 spiro atoms. The first-order chi connectivity index (χ1) is 30.6. The number of halogens is 4. The van der Waals surface area contributed by atoms with Gasteiger partial charge in [0.05, 0.1) is 32.1 Å². The quantitative estimate of drug-likeness (QED) is 0.0822. The molecular formula is C50H47BrF3N3O6SSi. The zero-order chi connectivity index (χ0) is 48.8. The third-order valence-electron chi connectivity index (χ3n) is 8.22. The Morgan fingerprint density at radius 3 is 1.38 bits per heavy atom. The van der Waals surface area contributed by atoms with Crippen molar-refractivity contribution in [1.82, 2.24) is 14.5 Å². The lowest BCUT2D eigenvalue weighted by molar-refractivity contribution is -0.141. The van der Waals surface area contributed by atoms with Gasteiger partial charge in [0, 0.05) is 45.2 Å². The second-order valence-corrected chi connectivity index (χ2v) is 22.2. The predicted octanol–water partition coefficient (Wildman–Crippen LogP) is 8.52. The van der Waals surface area contributed by atoms with Gasteiger partial charge in [0.1, 0.15) is 13.8 Å². The molecule has 0 atom stereocenters. The Labute approximate surface area is 388 Å². The van der Waals surface area contributed by atoms with Gasteiger partial charge in [0.25, 0.3) is 5.56 Å². The van der Waals surface area contributed by atoms with Crippen molar-refractivity contribution in [1.29, 1.82) is 0 Å². The van der Waals surface area contributed by atoms with Crippen LogP contribution in [-0.4, -0.2) is 52.6 Å². The average molecular weight is 983 g/mol. The van der Waals surface area contributed by atoms with Crippen LogP contribution in [-0.2, 0) is 42.4 Å². The van der Waals surface area contributed by atoms with Gasteiger partial charge in [0.2, 0.25) is 15.0 Å². The van der Waals surface area contributed by atoms with E-state index < -0.39 is 40.5 Å². The molecule has 2 aromatic heterocycles. The Hall–Kier alpha value is -6.53. The number of terminal acetylenes is 4. The smallest absolute Gasteiger partial charge is 0.392 e. The summed E-state index contributed by atoms with van der Waals surface area (Å²) in [5, 5.41) is 25.0. The summed E-state index contributed by atoms with van der Waals surface area (Å²) >= 11 is 3.29. The molecule has 4 aromatic carbocycles. The third kappa shape index (κ3) is 20.2. The molecule has 0 amide bonds. The predicted molar refractivity (Wildman–Crippen MR) is 256 cm³/mol. The largest absolute Gasteiger partial charge is 0.433 e. The van der Waals surface area contributed by atoms with Gasteiger partial charge in [-0.1, -0.05) is 102 Å². The van der Waals surface area contributed by atoms with E-state index in [1.807, 2.05) is 72.8 Å². The molecule has 0 aliphatic heterocycles. The summed E-state index contributed by atoms with van der Waals surface area (Å²) in [6.45, 7) is 6.84. The second kappa shape index (κ2) is 26.3. The number of sulfone groups is 1. The number of hydrogen-bond acceptors (Lipinski definition) is 8. The summed E-state index contributed by atoms with van der Waals surface area (Å²) in [6, 6.07) is 32.0. The van der Waals surface area contributed by atoms with Crippen LogP contribution in [0.1, 0.15) is 44.6 Å². The molecule has 0 radical (unpaired) electrons. The highest BCUT2D eigenvalue weighted by molar-refractivity contribution is 9.10. The standard InChI is InChI=1S/C20H14F3N3O3S.2C9H8O.C7H7BrO.C5H10Si/c1-3-13-4-6-14(7-5-13)11-26-12-15(8-9-18(26)27)16-10-17(20(21,22)23)25-19(24-16)30(2,28)29;2*1-2-8-3-5-9(7-10)6-4-8;8-7-3-1-6(5-9)2-4-7;1-5-6(2,3)4/h1,4-10,12H,11H2,2H3;2*1,3-6,10H,7H2;1-4,9H,5H2;1H,2-4H3. The number of hydrogen-bond donors (Lipinski definition) is 3. The summed E-state index contributed by atoms with van der Waals surface area (Å²) in [7, 11) is -5.20. The Bertz CT molecular complexity index is 2740. The lowest BCUT2D eigenvalue weighted by Gasteiger charge is -2.12. The van der Waals surface area contributed by atoms with E-state index in [1.165, 1.54) is 22.9 Å². The Kier molecular flexibility index (Phi) is 22.1. The van der Waals surface area contributed by atoms with Gasteiger partial charge in [-0.15, -0.1) is 31.2 Å². The third-order valence-corrected chi connectivity index (χ3v) is 10.5. The van der Waals surface area contributed by atoms with Crippen LogP contribution in [0.5, 0.6) is 0 Å². The Balaban J connectivity index is 0.000000335. The fourth-order valence-electron chi connectivity index (χ4n) is 4.60. The van der Waals surface area contributed by atoms with Crippen LogP contribution in [0.4, 0.5) is 13.2 Å². The molecular weight excluding hydrogens is 936 g/mol. The molecule has 0 saturated carbocycles. The molecule has 336 valence electrons. The minimum atomic E-state index is -4.87. The molecule has 0 fully saturated rings. The van der Waals surface area contributed by atoms with Crippen molar-refractivity contribution in [2.45, 2.75) is 57.3 Å². The lowest BCUT2D eigenvalue weighted by Crippen LogP contribution is -2.19. The molecule has 2 heterocycles. The second-order valence-electron chi connectivity index (χ2n) is 14.6. The van der Waals surface area contributed by atoms with Crippen LogP contribution in [0.25, 0.3) is 11.3 Å². The van der Waals surface area contributed by atoms with Crippen molar-refractivity contribution in [2.75, 3.05) is 6.26 Å². The maximum Gasteiger partial charge on any atom is 0.433 e. The number of pyridine rings is 1. The highest BCUT2D eigenvalue weighted by Gasteiger charge is 2.35. The molecule has 0 aliphatic carbocycles. The van der Waals surface area contributed by atoms with Gasteiger partial charge in [-0.3, -0.25) is 4.79 Å². The maximum absolute atomic E-state index is 13.2. The first-order valence-electron chi connectivity index (χ1n) is 19.2. The molecule has 15 heteroatoms. The molecule has 3 N–H and O–H groups in total. The molecule has 65 heavy (non-hydrogen) atoms. The van der Waals surface area contributed by atoms with E-state index in [0.717, 1.165) is 37.9 Å². The number of aliphatic hydroxyl groups is 3.